The second-order valence-electron chi connectivity index (χ2n) is 8.43. The van der Waals surface area contributed by atoms with E-state index in [2.05, 4.69) is 9.71 Å². The van der Waals surface area contributed by atoms with Gasteiger partial charge in [-0.15, -0.1) is 0 Å². The maximum absolute atomic E-state index is 13.4. The monoisotopic (exact) mass is 530 g/mol. The van der Waals surface area contributed by atoms with Crippen molar-refractivity contribution in [3.63, 3.8) is 0 Å². The zero-order valence-corrected chi connectivity index (χ0v) is 19.9. The van der Waals surface area contributed by atoms with Crippen molar-refractivity contribution < 1.29 is 31.5 Å². The van der Waals surface area contributed by atoms with Crippen molar-refractivity contribution in [1.29, 1.82) is 0 Å². The van der Waals surface area contributed by atoms with E-state index in [0.717, 1.165) is 0 Å². The molecule has 4 aromatic rings. The van der Waals surface area contributed by atoms with Crippen LogP contribution in [0.5, 0.6) is 0 Å². The first-order valence-corrected chi connectivity index (χ1v) is 12.5. The fraction of sp³-hybridized carbons (Fsp3) is 0.154. The highest BCUT2D eigenvalue weighted by Gasteiger charge is 2.33. The van der Waals surface area contributed by atoms with E-state index in [4.69, 9.17) is 0 Å². The van der Waals surface area contributed by atoms with Gasteiger partial charge in [0.1, 0.15) is 0 Å². The predicted molar refractivity (Wildman–Crippen MR) is 131 cm³/mol. The second kappa shape index (κ2) is 10.2. The summed E-state index contributed by atoms with van der Waals surface area (Å²) in [6.07, 6.45) is -4.94. The van der Waals surface area contributed by atoms with Crippen LogP contribution in [-0.2, 0) is 27.4 Å². The van der Waals surface area contributed by atoms with Gasteiger partial charge < -0.3 is 10.1 Å². The van der Waals surface area contributed by atoms with Crippen molar-refractivity contribution in [1.82, 2.24) is 9.71 Å². The first-order chi connectivity index (χ1) is 17.4. The number of H-pyrrole nitrogens is 1. The van der Waals surface area contributed by atoms with E-state index in [1.54, 1.807) is 36.4 Å². The van der Waals surface area contributed by atoms with Crippen LogP contribution in [0.15, 0.2) is 88.6 Å². The van der Waals surface area contributed by atoms with Crippen molar-refractivity contribution in [2.45, 2.75) is 30.0 Å². The molecule has 0 saturated carbocycles. The lowest BCUT2D eigenvalue weighted by molar-refractivity contribution is -0.138. The number of carbonyl (C=O) groups is 1. The maximum Gasteiger partial charge on any atom is 0.417 e. The van der Waals surface area contributed by atoms with Crippen molar-refractivity contribution in [3.8, 4) is 0 Å². The molecule has 3 N–H and O–H groups in total. The molecule has 0 aliphatic carbocycles. The number of halogens is 3. The molecule has 0 saturated heterocycles. The van der Waals surface area contributed by atoms with E-state index in [-0.39, 0.29) is 22.2 Å². The minimum Gasteiger partial charge on any atom is -0.481 e. The summed E-state index contributed by atoms with van der Waals surface area (Å²) in [4.78, 5) is 25.2. The number of carboxylic acids is 1. The number of aliphatic carboxylic acids is 1. The zero-order valence-electron chi connectivity index (χ0n) is 19.1. The highest BCUT2D eigenvalue weighted by Crippen LogP contribution is 2.34. The Bertz CT molecular complexity index is 1600. The van der Waals surface area contributed by atoms with Crippen LogP contribution in [0.1, 0.15) is 34.7 Å². The van der Waals surface area contributed by atoms with Crippen LogP contribution in [-0.4, -0.2) is 24.5 Å². The number of alkyl halides is 3. The lowest BCUT2D eigenvalue weighted by atomic mass is 10.0. The smallest absolute Gasteiger partial charge is 0.417 e. The molecule has 192 valence electrons. The molecule has 0 bridgehead atoms. The van der Waals surface area contributed by atoms with E-state index < -0.39 is 45.8 Å². The van der Waals surface area contributed by atoms with Crippen LogP contribution in [0.25, 0.3) is 10.9 Å². The average Bonchev–Trinajstić information content (AvgIpc) is 2.83. The van der Waals surface area contributed by atoms with Crippen molar-refractivity contribution in [3.05, 3.63) is 111 Å². The topological polar surface area (TPSA) is 116 Å². The Kier molecular flexibility index (Phi) is 7.19. The third-order valence-corrected chi connectivity index (χ3v) is 7.22. The summed E-state index contributed by atoms with van der Waals surface area (Å²) in [6.45, 7) is 0. The van der Waals surface area contributed by atoms with Crippen molar-refractivity contribution >= 4 is 26.9 Å². The van der Waals surface area contributed by atoms with E-state index in [1.807, 2.05) is 0 Å². The van der Waals surface area contributed by atoms with Gasteiger partial charge in [-0.3, -0.25) is 9.59 Å². The van der Waals surface area contributed by atoms with Crippen LogP contribution < -0.4 is 10.3 Å². The van der Waals surface area contributed by atoms with Crippen molar-refractivity contribution in [2.24, 2.45) is 0 Å². The number of rotatable bonds is 8. The summed E-state index contributed by atoms with van der Waals surface area (Å²) in [5.41, 5.74) is -0.150. The predicted octanol–water partition coefficient (Wildman–Crippen LogP) is 4.63. The number of fused-ring (bicyclic) bond motifs is 1. The molecule has 0 aliphatic rings. The standard InChI is InChI=1S/C26H21F3N2O5S/c27-26(28,29)21-14-24(32)30-22-11-8-17(13-20(21)22)12-16-6-9-19(10-7-16)37(35,36)31-23(15-25(33)34)18-4-2-1-3-5-18/h1-11,13-14,23,31H,12,15H2,(H,30,32)(H,33,34). The van der Waals surface area contributed by atoms with Crippen LogP contribution in [0.2, 0.25) is 0 Å². The highest BCUT2D eigenvalue weighted by molar-refractivity contribution is 7.89. The molecule has 0 fully saturated rings. The van der Waals surface area contributed by atoms with Gasteiger partial charge in [-0.1, -0.05) is 48.5 Å². The zero-order chi connectivity index (χ0) is 26.8. The minimum atomic E-state index is -4.70. The normalized spacial score (nSPS) is 12.9. The van der Waals surface area contributed by atoms with E-state index in [0.29, 0.717) is 22.8 Å². The molecule has 37 heavy (non-hydrogen) atoms. The molecule has 0 amide bonds. The number of aromatic amines is 1. The summed E-state index contributed by atoms with van der Waals surface area (Å²) < 4.78 is 68.6. The van der Waals surface area contributed by atoms with Crippen LogP contribution in [0.4, 0.5) is 13.2 Å². The molecule has 1 atom stereocenters. The molecule has 4 rings (SSSR count). The molecule has 11 heteroatoms. The number of hydrogen-bond donors (Lipinski definition) is 3. The maximum atomic E-state index is 13.4. The minimum absolute atomic E-state index is 0.0606. The molecule has 7 nitrogen and oxygen atoms in total. The van der Waals surface area contributed by atoms with Crippen LogP contribution in [0.3, 0.4) is 0 Å². The Labute approximate surface area is 209 Å². The number of pyridine rings is 1. The fourth-order valence-electron chi connectivity index (χ4n) is 4.01. The summed E-state index contributed by atoms with van der Waals surface area (Å²) in [5.74, 6) is -1.17. The molecule has 0 spiro atoms. The quantitative estimate of drug-likeness (QED) is 0.307. The fourth-order valence-corrected chi connectivity index (χ4v) is 5.23. The summed E-state index contributed by atoms with van der Waals surface area (Å²) in [7, 11) is -4.07. The third kappa shape index (κ3) is 6.25. The molecule has 1 unspecified atom stereocenters. The molecular weight excluding hydrogens is 509 g/mol. The van der Waals surface area contributed by atoms with Gasteiger partial charge >= 0.3 is 12.1 Å². The van der Waals surface area contributed by atoms with Gasteiger partial charge in [-0.2, -0.15) is 13.2 Å². The van der Waals surface area contributed by atoms with Gasteiger partial charge in [-0.25, -0.2) is 13.1 Å². The van der Waals surface area contributed by atoms with Crippen LogP contribution in [0, 0.1) is 0 Å². The Balaban J connectivity index is 1.57. The number of carboxylic acid groups (broad SMARTS) is 1. The molecule has 1 heterocycles. The number of aromatic nitrogens is 1. The Morgan fingerprint density at radius 3 is 2.22 bits per heavy atom. The SMILES string of the molecule is O=C(O)CC(NS(=O)(=O)c1ccc(Cc2ccc3[nH]c(=O)cc(C(F)(F)F)c3c2)cc1)c1ccccc1. The molecule has 0 aliphatic heterocycles. The number of hydrogen-bond acceptors (Lipinski definition) is 4. The van der Waals surface area contributed by atoms with Gasteiger partial charge in [0.15, 0.2) is 0 Å². The second-order valence-corrected chi connectivity index (χ2v) is 10.1. The largest absolute Gasteiger partial charge is 0.481 e. The van der Waals surface area contributed by atoms with Crippen LogP contribution >= 0.6 is 0 Å². The Hall–Kier alpha value is -3.96. The highest BCUT2D eigenvalue weighted by atomic mass is 32.2. The molecular formula is C26H21F3N2O5S. The summed E-state index contributed by atoms with van der Waals surface area (Å²) in [5, 5.41) is 9.08. The first-order valence-electron chi connectivity index (χ1n) is 11.0. The third-order valence-electron chi connectivity index (χ3n) is 5.73. The molecule has 0 radical (unpaired) electrons. The lowest BCUT2D eigenvalue weighted by Crippen LogP contribution is -2.30. The van der Waals surface area contributed by atoms with Gasteiger partial charge in [0, 0.05) is 17.0 Å². The van der Waals surface area contributed by atoms with Gasteiger partial charge in [0.2, 0.25) is 15.6 Å². The van der Waals surface area contributed by atoms with E-state index in [9.17, 15) is 36.3 Å². The summed E-state index contributed by atoms with van der Waals surface area (Å²) >= 11 is 0. The molecule has 1 aromatic heterocycles. The number of sulfonamides is 1. The average molecular weight is 531 g/mol. The first kappa shape index (κ1) is 26.1. The van der Waals surface area contributed by atoms with Crippen molar-refractivity contribution in [2.75, 3.05) is 0 Å². The Morgan fingerprint density at radius 1 is 0.946 bits per heavy atom. The number of benzene rings is 3. The van der Waals surface area contributed by atoms with E-state index in [1.165, 1.54) is 36.4 Å². The Morgan fingerprint density at radius 2 is 1.59 bits per heavy atom. The summed E-state index contributed by atoms with van der Waals surface area (Å²) in [6, 6.07) is 18.0. The van der Waals surface area contributed by atoms with Gasteiger partial charge in [-0.05, 0) is 47.4 Å². The molecule has 3 aromatic carbocycles. The van der Waals surface area contributed by atoms with Gasteiger partial charge in [0.25, 0.3) is 0 Å². The lowest BCUT2D eigenvalue weighted by Gasteiger charge is -2.18. The van der Waals surface area contributed by atoms with E-state index >= 15 is 0 Å². The number of nitrogens with one attached hydrogen (secondary N) is 2. The van der Waals surface area contributed by atoms with Gasteiger partial charge in [0.05, 0.1) is 22.9 Å².